The van der Waals surface area contributed by atoms with E-state index in [2.05, 4.69) is 14.9 Å². The third-order valence-corrected chi connectivity index (χ3v) is 5.44. The molecule has 0 unspecified atom stereocenters. The molecule has 0 atom stereocenters. The molecule has 2 aliphatic rings. The van der Waals surface area contributed by atoms with Gasteiger partial charge in [-0.25, -0.2) is 9.97 Å². The van der Waals surface area contributed by atoms with Crippen LogP contribution in [0.1, 0.15) is 21.6 Å². The van der Waals surface area contributed by atoms with Crippen LogP contribution in [0.15, 0.2) is 48.9 Å². The molecule has 0 aromatic carbocycles. The number of rotatable bonds is 3. The van der Waals surface area contributed by atoms with Crippen LogP contribution in [0.5, 0.6) is 0 Å². The average Bonchev–Trinajstić information content (AvgIpc) is 2.84. The summed E-state index contributed by atoms with van der Waals surface area (Å²) in [6.45, 7) is 3.95. The molecule has 0 N–H and O–H groups in total. The first-order chi connectivity index (χ1) is 14.8. The van der Waals surface area contributed by atoms with Crippen molar-refractivity contribution in [2.45, 2.75) is 13.0 Å². The van der Waals surface area contributed by atoms with Crippen molar-refractivity contribution in [2.24, 2.45) is 0 Å². The van der Waals surface area contributed by atoms with Gasteiger partial charge >= 0.3 is 0 Å². The molecule has 1 fully saturated rings. The second kappa shape index (κ2) is 8.16. The Morgan fingerprint density at radius 1 is 1.00 bits per heavy atom. The number of hydrogen-bond acceptors (Lipinski definition) is 7. The number of carbonyl (C=O) groups excluding carboxylic acids is 1. The number of morpholine rings is 1. The molecule has 0 spiro atoms. The Balaban J connectivity index is 1.53. The fraction of sp³-hybridized carbons (Fsp3) is 0.318. The predicted octanol–water partition coefficient (Wildman–Crippen LogP) is 1.97. The van der Waals surface area contributed by atoms with Gasteiger partial charge in [0.1, 0.15) is 11.5 Å². The zero-order chi connectivity index (χ0) is 20.3. The maximum atomic E-state index is 13.0. The molecule has 0 saturated carbocycles. The molecule has 2 aliphatic heterocycles. The lowest BCUT2D eigenvalue weighted by molar-refractivity contribution is 0.0732. The molecule has 0 bridgehead atoms. The van der Waals surface area contributed by atoms with Crippen LogP contribution in [-0.4, -0.2) is 63.6 Å². The monoisotopic (exact) mass is 402 g/mol. The van der Waals surface area contributed by atoms with Crippen molar-refractivity contribution < 1.29 is 9.53 Å². The number of pyridine rings is 2. The molecule has 30 heavy (non-hydrogen) atoms. The minimum Gasteiger partial charge on any atom is -0.378 e. The topological polar surface area (TPSA) is 84.3 Å². The third kappa shape index (κ3) is 3.61. The quantitative estimate of drug-likeness (QED) is 0.662. The third-order valence-electron chi connectivity index (χ3n) is 5.44. The molecule has 5 heterocycles. The van der Waals surface area contributed by atoms with Gasteiger partial charge in [-0.15, -0.1) is 0 Å². The van der Waals surface area contributed by atoms with E-state index in [-0.39, 0.29) is 5.91 Å². The van der Waals surface area contributed by atoms with Crippen LogP contribution in [0.3, 0.4) is 0 Å². The molecule has 3 aromatic heterocycles. The average molecular weight is 402 g/mol. The largest absolute Gasteiger partial charge is 0.378 e. The van der Waals surface area contributed by atoms with Gasteiger partial charge < -0.3 is 14.5 Å². The van der Waals surface area contributed by atoms with Gasteiger partial charge in [-0.05, 0) is 24.3 Å². The van der Waals surface area contributed by atoms with Crippen LogP contribution in [-0.2, 0) is 17.7 Å². The van der Waals surface area contributed by atoms with E-state index in [0.29, 0.717) is 44.1 Å². The van der Waals surface area contributed by atoms with Crippen molar-refractivity contribution in [1.82, 2.24) is 24.8 Å². The lowest BCUT2D eigenvalue weighted by atomic mass is 10.0. The Hall–Kier alpha value is -3.39. The molecular weight excluding hydrogens is 380 g/mol. The SMILES string of the molecule is O=C(c1cccnc1)N1CCc2nc(-c3ccccn3)nc(N3CCOCC3)c2C1. The van der Waals surface area contributed by atoms with Gasteiger partial charge in [-0.3, -0.25) is 14.8 Å². The molecule has 0 aliphatic carbocycles. The summed E-state index contributed by atoms with van der Waals surface area (Å²) in [5.74, 6) is 1.49. The second-order valence-corrected chi connectivity index (χ2v) is 7.33. The predicted molar refractivity (Wildman–Crippen MR) is 111 cm³/mol. The summed E-state index contributed by atoms with van der Waals surface area (Å²) < 4.78 is 5.53. The minimum atomic E-state index is -0.0181. The molecule has 8 nitrogen and oxygen atoms in total. The molecule has 8 heteroatoms. The van der Waals surface area contributed by atoms with Crippen LogP contribution >= 0.6 is 0 Å². The van der Waals surface area contributed by atoms with Crippen LogP contribution in [0.4, 0.5) is 5.82 Å². The standard InChI is InChI=1S/C22H22N6O2/c29-22(16-4-3-7-23-14-16)28-9-6-18-17(15-28)21(27-10-12-30-13-11-27)26-20(25-18)19-5-1-2-8-24-19/h1-5,7-8,14H,6,9-13,15H2. The number of amides is 1. The van der Waals surface area contributed by atoms with Crippen molar-refractivity contribution in [3.8, 4) is 11.5 Å². The Morgan fingerprint density at radius 3 is 2.67 bits per heavy atom. The summed E-state index contributed by atoms with van der Waals surface area (Å²) >= 11 is 0. The maximum absolute atomic E-state index is 13.0. The zero-order valence-electron chi connectivity index (χ0n) is 16.6. The van der Waals surface area contributed by atoms with Crippen LogP contribution in [0.25, 0.3) is 11.5 Å². The summed E-state index contributed by atoms with van der Waals surface area (Å²) in [4.78, 5) is 35.3. The summed E-state index contributed by atoms with van der Waals surface area (Å²) in [6, 6.07) is 9.33. The summed E-state index contributed by atoms with van der Waals surface area (Å²) in [5.41, 5.74) is 3.35. The molecular formula is C22H22N6O2. The smallest absolute Gasteiger partial charge is 0.255 e. The number of fused-ring (bicyclic) bond motifs is 1. The second-order valence-electron chi connectivity index (χ2n) is 7.33. The summed E-state index contributed by atoms with van der Waals surface area (Å²) in [7, 11) is 0. The van der Waals surface area contributed by atoms with E-state index in [1.54, 1.807) is 30.7 Å². The summed E-state index contributed by atoms with van der Waals surface area (Å²) in [5, 5.41) is 0. The van der Waals surface area contributed by atoms with Crippen LogP contribution in [0, 0.1) is 0 Å². The highest BCUT2D eigenvalue weighted by molar-refractivity contribution is 5.94. The van der Waals surface area contributed by atoms with Crippen LogP contribution in [0.2, 0.25) is 0 Å². The Morgan fingerprint density at radius 2 is 1.90 bits per heavy atom. The molecule has 1 saturated heterocycles. The molecule has 3 aromatic rings. The number of carbonyl (C=O) groups is 1. The van der Waals surface area contributed by atoms with E-state index in [4.69, 9.17) is 14.7 Å². The van der Waals surface area contributed by atoms with Crippen molar-refractivity contribution in [1.29, 1.82) is 0 Å². The van der Waals surface area contributed by atoms with Gasteiger partial charge in [0.05, 0.1) is 31.0 Å². The van der Waals surface area contributed by atoms with Gasteiger partial charge in [0.2, 0.25) is 0 Å². The number of nitrogens with zero attached hydrogens (tertiary/aromatic N) is 6. The lowest BCUT2D eigenvalue weighted by Crippen LogP contribution is -2.41. The van der Waals surface area contributed by atoms with E-state index >= 15 is 0 Å². The minimum absolute atomic E-state index is 0.0181. The first-order valence-electron chi connectivity index (χ1n) is 10.1. The first kappa shape index (κ1) is 18.6. The highest BCUT2D eigenvalue weighted by Gasteiger charge is 2.29. The molecule has 5 rings (SSSR count). The summed E-state index contributed by atoms with van der Waals surface area (Å²) in [6.07, 6.45) is 5.72. The van der Waals surface area contributed by atoms with E-state index in [1.165, 1.54) is 0 Å². The van der Waals surface area contributed by atoms with Gasteiger partial charge in [-0.2, -0.15) is 0 Å². The fourth-order valence-electron chi connectivity index (χ4n) is 3.89. The number of hydrogen-bond donors (Lipinski definition) is 0. The van der Waals surface area contributed by atoms with E-state index in [0.717, 1.165) is 35.9 Å². The number of aromatic nitrogens is 4. The van der Waals surface area contributed by atoms with Crippen molar-refractivity contribution in [2.75, 3.05) is 37.7 Å². The number of anilines is 1. The highest BCUT2D eigenvalue weighted by atomic mass is 16.5. The molecule has 0 radical (unpaired) electrons. The van der Waals surface area contributed by atoms with Gasteiger partial charge in [0, 0.05) is 50.2 Å². The maximum Gasteiger partial charge on any atom is 0.255 e. The highest BCUT2D eigenvalue weighted by Crippen LogP contribution is 2.30. The normalized spacial score (nSPS) is 16.3. The van der Waals surface area contributed by atoms with E-state index in [1.807, 2.05) is 23.1 Å². The van der Waals surface area contributed by atoms with E-state index in [9.17, 15) is 4.79 Å². The van der Waals surface area contributed by atoms with Crippen molar-refractivity contribution >= 4 is 11.7 Å². The van der Waals surface area contributed by atoms with Gasteiger partial charge in [0.25, 0.3) is 5.91 Å². The van der Waals surface area contributed by atoms with Crippen molar-refractivity contribution in [3.63, 3.8) is 0 Å². The molecule has 152 valence electrons. The first-order valence-corrected chi connectivity index (χ1v) is 10.1. The Bertz CT molecular complexity index is 1040. The van der Waals surface area contributed by atoms with Crippen LogP contribution < -0.4 is 4.90 Å². The zero-order valence-corrected chi connectivity index (χ0v) is 16.6. The van der Waals surface area contributed by atoms with E-state index < -0.39 is 0 Å². The number of ether oxygens (including phenoxy) is 1. The Kier molecular flexibility index (Phi) is 5.06. The Labute approximate surface area is 174 Å². The van der Waals surface area contributed by atoms with Gasteiger partial charge in [-0.1, -0.05) is 6.07 Å². The van der Waals surface area contributed by atoms with Gasteiger partial charge in [0.15, 0.2) is 5.82 Å². The fourth-order valence-corrected chi connectivity index (χ4v) is 3.89. The van der Waals surface area contributed by atoms with Crippen molar-refractivity contribution in [3.05, 3.63) is 65.7 Å². The molecule has 1 amide bonds. The lowest BCUT2D eigenvalue weighted by Gasteiger charge is -2.34.